The summed E-state index contributed by atoms with van der Waals surface area (Å²) in [4.78, 5) is 11.9. The summed E-state index contributed by atoms with van der Waals surface area (Å²) in [6, 6.07) is 4.78. The van der Waals surface area contributed by atoms with Crippen molar-refractivity contribution in [1.29, 1.82) is 0 Å². The van der Waals surface area contributed by atoms with Gasteiger partial charge in [-0.1, -0.05) is 18.2 Å². The van der Waals surface area contributed by atoms with Gasteiger partial charge in [-0.2, -0.15) is 18.3 Å². The van der Waals surface area contributed by atoms with E-state index in [1.54, 1.807) is 23.8 Å². The number of hydrogen-bond acceptors (Lipinski definition) is 3. The third kappa shape index (κ3) is 4.04. The summed E-state index contributed by atoms with van der Waals surface area (Å²) in [5.74, 6) is -0.482. The number of aromatic nitrogens is 2. The molecule has 2 rings (SSSR count). The van der Waals surface area contributed by atoms with Crippen LogP contribution in [0, 0.1) is 0 Å². The van der Waals surface area contributed by atoms with Crippen molar-refractivity contribution >= 4 is 18.1 Å². The minimum absolute atomic E-state index is 0.248. The maximum Gasteiger partial charge on any atom is 0.416 e. The van der Waals surface area contributed by atoms with Crippen molar-refractivity contribution in [1.82, 2.24) is 9.78 Å². The maximum atomic E-state index is 12.6. The fourth-order valence-electron chi connectivity index (χ4n) is 2.15. The normalized spacial score (nSPS) is 11.9. The van der Waals surface area contributed by atoms with E-state index >= 15 is 0 Å². The second-order valence-corrected chi connectivity index (χ2v) is 4.93. The Morgan fingerprint density at radius 3 is 2.42 bits per heavy atom. The average molecular weight is 338 g/mol. The van der Waals surface area contributed by atoms with Crippen LogP contribution in [0.3, 0.4) is 0 Å². The van der Waals surface area contributed by atoms with E-state index < -0.39 is 17.7 Å². The van der Waals surface area contributed by atoms with Crippen molar-refractivity contribution < 1.29 is 22.7 Å². The van der Waals surface area contributed by atoms with Crippen LogP contribution in [0.25, 0.3) is 12.2 Å². The molecule has 0 aliphatic heterocycles. The highest BCUT2D eigenvalue weighted by atomic mass is 19.4. The van der Waals surface area contributed by atoms with Gasteiger partial charge in [-0.3, -0.25) is 4.68 Å². The van der Waals surface area contributed by atoms with E-state index in [4.69, 9.17) is 4.74 Å². The quantitative estimate of drug-likeness (QED) is 0.765. The first kappa shape index (κ1) is 17.8. The molecule has 7 heteroatoms. The highest BCUT2D eigenvalue weighted by Gasteiger charge is 2.29. The van der Waals surface area contributed by atoms with Crippen molar-refractivity contribution in [2.45, 2.75) is 26.6 Å². The highest BCUT2D eigenvalue weighted by molar-refractivity contribution is 5.93. The largest absolute Gasteiger partial charge is 0.462 e. The van der Waals surface area contributed by atoms with E-state index in [9.17, 15) is 18.0 Å². The first-order valence-electron chi connectivity index (χ1n) is 7.45. The Morgan fingerprint density at radius 2 is 1.88 bits per heavy atom. The Hall–Kier alpha value is -2.57. The fourth-order valence-corrected chi connectivity index (χ4v) is 2.15. The molecule has 0 amide bonds. The van der Waals surface area contributed by atoms with Gasteiger partial charge in [0.05, 0.1) is 24.1 Å². The topological polar surface area (TPSA) is 44.1 Å². The Bertz CT molecular complexity index is 731. The van der Waals surface area contributed by atoms with Crippen LogP contribution < -0.4 is 0 Å². The van der Waals surface area contributed by atoms with Crippen LogP contribution >= 0.6 is 0 Å². The third-order valence-electron chi connectivity index (χ3n) is 3.35. The standard InChI is InChI=1S/C17H17F3N2O2/c1-3-22-15(14(11-21-22)16(23)24-4-2)10-7-12-5-8-13(9-6-12)17(18,19)20/h5-11H,3-4H2,1-2H3. The number of benzene rings is 1. The summed E-state index contributed by atoms with van der Waals surface area (Å²) in [7, 11) is 0. The molecular formula is C17H17F3N2O2. The zero-order chi connectivity index (χ0) is 17.7. The Kier molecular flexibility index (Phi) is 5.43. The number of nitrogens with zero attached hydrogens (tertiary/aromatic N) is 2. The Balaban J connectivity index is 2.28. The molecule has 0 spiro atoms. The van der Waals surface area contributed by atoms with Crippen molar-refractivity contribution in [3.8, 4) is 0 Å². The lowest BCUT2D eigenvalue weighted by Crippen LogP contribution is -2.07. The number of hydrogen-bond donors (Lipinski definition) is 0. The van der Waals surface area contributed by atoms with Crippen LogP contribution in [0.2, 0.25) is 0 Å². The Morgan fingerprint density at radius 1 is 1.21 bits per heavy atom. The lowest BCUT2D eigenvalue weighted by Gasteiger charge is -2.06. The van der Waals surface area contributed by atoms with Gasteiger partial charge in [0.1, 0.15) is 5.56 Å². The molecule has 1 aromatic heterocycles. The molecule has 1 aromatic carbocycles. The molecule has 24 heavy (non-hydrogen) atoms. The molecule has 0 radical (unpaired) electrons. The second-order valence-electron chi connectivity index (χ2n) is 4.93. The van der Waals surface area contributed by atoms with Crippen LogP contribution in [0.1, 0.15) is 41.0 Å². The van der Waals surface area contributed by atoms with Crippen LogP contribution in [0.4, 0.5) is 13.2 Å². The molecule has 0 bridgehead atoms. The van der Waals surface area contributed by atoms with Gasteiger partial charge >= 0.3 is 12.1 Å². The first-order valence-corrected chi connectivity index (χ1v) is 7.45. The zero-order valence-electron chi connectivity index (χ0n) is 13.3. The third-order valence-corrected chi connectivity index (χ3v) is 3.35. The molecule has 0 unspecified atom stereocenters. The Labute approximate surface area is 137 Å². The predicted octanol–water partition coefficient (Wildman–Crippen LogP) is 4.27. The minimum atomic E-state index is -4.36. The molecule has 0 atom stereocenters. The number of carbonyl (C=O) groups is 1. The number of alkyl halides is 3. The predicted molar refractivity (Wildman–Crippen MR) is 84.2 cm³/mol. The average Bonchev–Trinajstić information content (AvgIpc) is 2.95. The van der Waals surface area contributed by atoms with E-state index in [2.05, 4.69) is 5.10 Å². The number of esters is 1. The summed E-state index contributed by atoms with van der Waals surface area (Å²) in [5.41, 5.74) is 0.754. The summed E-state index contributed by atoms with van der Waals surface area (Å²) < 4.78 is 44.3. The summed E-state index contributed by atoms with van der Waals surface area (Å²) in [5, 5.41) is 4.11. The number of halogens is 3. The summed E-state index contributed by atoms with van der Waals surface area (Å²) >= 11 is 0. The van der Waals surface area contributed by atoms with Crippen LogP contribution in [0.15, 0.2) is 30.5 Å². The molecule has 0 aliphatic carbocycles. The number of aryl methyl sites for hydroxylation is 1. The second kappa shape index (κ2) is 7.33. The number of ether oxygens (including phenoxy) is 1. The molecule has 0 aliphatic rings. The molecule has 0 saturated heterocycles. The van der Waals surface area contributed by atoms with Crippen LogP contribution in [-0.4, -0.2) is 22.4 Å². The van der Waals surface area contributed by atoms with Gasteiger partial charge in [-0.25, -0.2) is 4.79 Å². The molecular weight excluding hydrogens is 321 g/mol. The van der Waals surface area contributed by atoms with Crippen molar-refractivity contribution in [3.05, 3.63) is 52.8 Å². The molecule has 4 nitrogen and oxygen atoms in total. The van der Waals surface area contributed by atoms with E-state index in [-0.39, 0.29) is 6.61 Å². The smallest absolute Gasteiger partial charge is 0.416 e. The van der Waals surface area contributed by atoms with Gasteiger partial charge in [-0.05, 0) is 37.6 Å². The molecule has 0 N–H and O–H groups in total. The fraction of sp³-hybridized carbons (Fsp3) is 0.294. The molecule has 1 heterocycles. The van der Waals surface area contributed by atoms with Gasteiger partial charge in [0, 0.05) is 6.54 Å². The molecule has 0 saturated carbocycles. The van der Waals surface area contributed by atoms with Crippen LogP contribution in [0.5, 0.6) is 0 Å². The van der Waals surface area contributed by atoms with E-state index in [1.165, 1.54) is 18.3 Å². The lowest BCUT2D eigenvalue weighted by molar-refractivity contribution is -0.137. The van der Waals surface area contributed by atoms with Crippen LogP contribution in [-0.2, 0) is 17.5 Å². The summed E-state index contributed by atoms with van der Waals surface area (Å²) in [6.45, 7) is 4.38. The SMILES string of the molecule is CCOC(=O)c1cnn(CC)c1C=Cc1ccc(C(F)(F)F)cc1. The monoisotopic (exact) mass is 338 g/mol. The summed E-state index contributed by atoms with van der Waals surface area (Å²) in [6.07, 6.45) is 0.339. The van der Waals surface area contributed by atoms with Crippen molar-refractivity contribution in [3.63, 3.8) is 0 Å². The van der Waals surface area contributed by atoms with Gasteiger partial charge in [-0.15, -0.1) is 0 Å². The van der Waals surface area contributed by atoms with E-state index in [1.807, 2.05) is 6.92 Å². The van der Waals surface area contributed by atoms with E-state index in [0.717, 1.165) is 12.1 Å². The number of carbonyl (C=O) groups excluding carboxylic acids is 1. The zero-order valence-corrected chi connectivity index (χ0v) is 13.3. The van der Waals surface area contributed by atoms with Gasteiger partial charge in [0.2, 0.25) is 0 Å². The molecule has 128 valence electrons. The van der Waals surface area contributed by atoms with Gasteiger partial charge in [0.25, 0.3) is 0 Å². The van der Waals surface area contributed by atoms with Crippen molar-refractivity contribution in [2.24, 2.45) is 0 Å². The van der Waals surface area contributed by atoms with Gasteiger partial charge in [0.15, 0.2) is 0 Å². The van der Waals surface area contributed by atoms with Crippen molar-refractivity contribution in [2.75, 3.05) is 6.61 Å². The first-order chi connectivity index (χ1) is 11.4. The molecule has 2 aromatic rings. The molecule has 0 fully saturated rings. The lowest BCUT2D eigenvalue weighted by atomic mass is 10.1. The van der Waals surface area contributed by atoms with Gasteiger partial charge < -0.3 is 4.74 Å². The highest BCUT2D eigenvalue weighted by Crippen LogP contribution is 2.29. The maximum absolute atomic E-state index is 12.6. The van der Waals surface area contributed by atoms with E-state index in [0.29, 0.717) is 23.4 Å². The number of rotatable bonds is 5. The minimum Gasteiger partial charge on any atom is -0.462 e.